The van der Waals surface area contributed by atoms with Crippen molar-refractivity contribution in [1.29, 1.82) is 0 Å². The van der Waals surface area contributed by atoms with E-state index in [-0.39, 0.29) is 23.8 Å². The summed E-state index contributed by atoms with van der Waals surface area (Å²) in [5, 5.41) is 1.87. The van der Waals surface area contributed by atoms with Crippen LogP contribution in [0.5, 0.6) is 0 Å². The third-order valence-corrected chi connectivity index (χ3v) is 4.19. The average molecular weight is 472 g/mol. The molecule has 0 aromatic heterocycles. The van der Waals surface area contributed by atoms with Crippen LogP contribution < -0.4 is 11.1 Å². The van der Waals surface area contributed by atoms with Crippen molar-refractivity contribution in [3.63, 3.8) is 0 Å². The molecule has 0 heterocycles. The molecular weight excluding hydrogens is 459 g/mol. The molecule has 0 bridgehead atoms. The highest BCUT2D eigenvalue weighted by atomic mass is 19.4. The lowest BCUT2D eigenvalue weighted by Crippen LogP contribution is -2.46. The molecule has 0 saturated heterocycles. The van der Waals surface area contributed by atoms with Crippen molar-refractivity contribution in [2.45, 2.75) is 31.0 Å². The number of hydrogen-bond donors (Lipinski definition) is 2. The highest BCUT2D eigenvalue weighted by Gasteiger charge is 2.38. The van der Waals surface area contributed by atoms with Crippen LogP contribution in [0.2, 0.25) is 0 Å². The fraction of sp³-hybridized carbons (Fsp3) is 0.263. The third-order valence-electron chi connectivity index (χ3n) is 4.19. The van der Waals surface area contributed by atoms with Crippen molar-refractivity contribution in [3.8, 4) is 0 Å². The van der Waals surface area contributed by atoms with Crippen molar-refractivity contribution < 1.29 is 49.1 Å². The monoisotopic (exact) mass is 472 g/mol. The maximum atomic E-state index is 12.9. The molecule has 32 heavy (non-hydrogen) atoms. The number of rotatable bonds is 5. The summed E-state index contributed by atoms with van der Waals surface area (Å²) in [6.45, 7) is 0. The zero-order valence-corrected chi connectivity index (χ0v) is 15.6. The van der Waals surface area contributed by atoms with Crippen LogP contribution in [0, 0.1) is 0 Å². The molecule has 2 rings (SSSR count). The van der Waals surface area contributed by atoms with Gasteiger partial charge in [0.15, 0.2) is 0 Å². The predicted molar refractivity (Wildman–Crippen MR) is 92.0 cm³/mol. The minimum atomic E-state index is -5.21. The maximum absolute atomic E-state index is 12.9. The smallest absolute Gasteiger partial charge is 0.368 e. The van der Waals surface area contributed by atoms with E-state index in [9.17, 15) is 49.1 Å². The topological polar surface area (TPSA) is 72.2 Å². The van der Waals surface area contributed by atoms with Crippen molar-refractivity contribution in [1.82, 2.24) is 5.32 Å². The van der Waals surface area contributed by atoms with E-state index in [2.05, 4.69) is 0 Å². The predicted octanol–water partition coefficient (Wildman–Crippen LogP) is 4.57. The van der Waals surface area contributed by atoms with Gasteiger partial charge >= 0.3 is 18.5 Å². The molecule has 3 N–H and O–H groups in total. The Morgan fingerprint density at radius 2 is 1.28 bits per heavy atom. The summed E-state index contributed by atoms with van der Waals surface area (Å²) in [6.07, 6.45) is -15.7. The van der Waals surface area contributed by atoms with Gasteiger partial charge in [-0.15, -0.1) is 0 Å². The lowest BCUT2D eigenvalue weighted by atomic mass is 10.0. The molecule has 0 saturated carbocycles. The normalized spacial score (nSPS) is 13.5. The van der Waals surface area contributed by atoms with E-state index in [1.165, 1.54) is 6.07 Å². The van der Waals surface area contributed by atoms with Gasteiger partial charge in [-0.3, -0.25) is 9.59 Å². The average Bonchev–Trinajstić information content (AvgIpc) is 2.65. The van der Waals surface area contributed by atoms with Crippen molar-refractivity contribution in [2.75, 3.05) is 0 Å². The van der Waals surface area contributed by atoms with Gasteiger partial charge in [-0.1, -0.05) is 18.2 Å². The number of carbonyl (C=O) groups excluding carboxylic acids is 2. The first-order chi connectivity index (χ1) is 14.5. The Balaban J connectivity index is 2.35. The lowest BCUT2D eigenvalue weighted by molar-refractivity contribution is -0.143. The lowest BCUT2D eigenvalue weighted by Gasteiger charge is -2.18. The quantitative estimate of drug-likeness (QED) is 0.626. The van der Waals surface area contributed by atoms with Gasteiger partial charge in [0.05, 0.1) is 16.7 Å². The molecule has 1 atom stereocenters. The summed E-state index contributed by atoms with van der Waals surface area (Å²) < 4.78 is 116. The van der Waals surface area contributed by atoms with E-state index in [1.807, 2.05) is 5.32 Å². The number of halogens is 9. The molecule has 174 valence electrons. The van der Waals surface area contributed by atoms with Crippen molar-refractivity contribution >= 4 is 11.8 Å². The second-order valence-electron chi connectivity index (χ2n) is 6.63. The van der Waals surface area contributed by atoms with Crippen LogP contribution in [-0.2, 0) is 29.7 Å². The van der Waals surface area contributed by atoms with Crippen LogP contribution in [0.25, 0.3) is 0 Å². The molecule has 2 aromatic carbocycles. The summed E-state index contributed by atoms with van der Waals surface area (Å²) in [4.78, 5) is 23.9. The first kappa shape index (κ1) is 25.0. The van der Waals surface area contributed by atoms with E-state index in [0.29, 0.717) is 6.07 Å². The standard InChI is InChI=1S/C19H13F9N2O2/c20-17(21,22)11-3-1-2-9(4-11)5-14(15(29)31)30-16(32)10-6-12(18(23,24)25)8-13(7-10)19(26,27)28/h1-4,6-8,14H,5H2,(H2,29,31)(H,30,32)/t14-/m0/s1. The molecular formula is C19H13F9N2O2. The molecule has 13 heteroatoms. The largest absolute Gasteiger partial charge is 0.416 e. The summed E-state index contributed by atoms with van der Waals surface area (Å²) in [5.74, 6) is -2.77. The van der Waals surface area contributed by atoms with E-state index in [0.717, 1.165) is 12.1 Å². The van der Waals surface area contributed by atoms with Crippen LogP contribution in [0.15, 0.2) is 42.5 Å². The number of alkyl halides is 9. The molecule has 0 aliphatic rings. The molecule has 2 amide bonds. The molecule has 0 spiro atoms. The highest BCUT2D eigenvalue weighted by molar-refractivity contribution is 5.97. The Labute approximate surface area is 174 Å². The van der Waals surface area contributed by atoms with Crippen LogP contribution in [0.4, 0.5) is 39.5 Å². The van der Waals surface area contributed by atoms with Gasteiger partial charge in [0.25, 0.3) is 5.91 Å². The van der Waals surface area contributed by atoms with Gasteiger partial charge in [0.2, 0.25) is 5.91 Å². The summed E-state index contributed by atoms with van der Waals surface area (Å²) in [6, 6.07) is 1.97. The van der Waals surface area contributed by atoms with Gasteiger partial charge in [0, 0.05) is 12.0 Å². The van der Waals surface area contributed by atoms with Crippen LogP contribution >= 0.6 is 0 Å². The van der Waals surface area contributed by atoms with Crippen molar-refractivity contribution in [3.05, 3.63) is 70.3 Å². The van der Waals surface area contributed by atoms with Gasteiger partial charge in [-0.2, -0.15) is 39.5 Å². The van der Waals surface area contributed by atoms with Gasteiger partial charge in [-0.05, 0) is 29.8 Å². The summed E-state index contributed by atoms with van der Waals surface area (Å²) in [7, 11) is 0. The molecule has 0 aliphatic heterocycles. The zero-order valence-electron chi connectivity index (χ0n) is 15.6. The Morgan fingerprint density at radius 1 is 0.781 bits per heavy atom. The number of carbonyl (C=O) groups is 2. The van der Waals surface area contributed by atoms with Gasteiger partial charge in [-0.25, -0.2) is 0 Å². The Morgan fingerprint density at radius 3 is 1.72 bits per heavy atom. The number of nitrogens with one attached hydrogen (secondary N) is 1. The number of amides is 2. The first-order valence-electron chi connectivity index (χ1n) is 8.54. The number of nitrogens with two attached hydrogens (primary N) is 1. The van der Waals surface area contributed by atoms with E-state index in [4.69, 9.17) is 5.73 Å². The number of benzene rings is 2. The molecule has 4 nitrogen and oxygen atoms in total. The number of hydrogen-bond acceptors (Lipinski definition) is 2. The molecule has 0 radical (unpaired) electrons. The third kappa shape index (κ3) is 6.37. The SMILES string of the molecule is NC(=O)[C@H](Cc1cccc(C(F)(F)F)c1)NC(=O)c1cc(C(F)(F)F)cc(C(F)(F)F)c1. The van der Waals surface area contributed by atoms with Crippen LogP contribution in [0.3, 0.4) is 0 Å². The summed E-state index contributed by atoms with van der Waals surface area (Å²) in [5.41, 5.74) is -0.666. The number of primary amides is 1. The highest BCUT2D eigenvalue weighted by Crippen LogP contribution is 2.36. The fourth-order valence-electron chi connectivity index (χ4n) is 2.66. The second-order valence-corrected chi connectivity index (χ2v) is 6.63. The zero-order chi connectivity index (χ0) is 24.5. The van der Waals surface area contributed by atoms with Gasteiger partial charge in [0.1, 0.15) is 6.04 Å². The summed E-state index contributed by atoms with van der Waals surface area (Å²) >= 11 is 0. The Bertz CT molecular complexity index is 979. The van der Waals surface area contributed by atoms with E-state index in [1.54, 1.807) is 0 Å². The molecule has 2 aromatic rings. The fourth-order valence-corrected chi connectivity index (χ4v) is 2.66. The van der Waals surface area contributed by atoms with Crippen molar-refractivity contribution in [2.24, 2.45) is 5.73 Å². The molecule has 0 aliphatic carbocycles. The molecule has 0 fully saturated rings. The second kappa shape index (κ2) is 8.71. The van der Waals surface area contributed by atoms with E-state index >= 15 is 0 Å². The van der Waals surface area contributed by atoms with E-state index < -0.39 is 65.1 Å². The minimum Gasteiger partial charge on any atom is -0.368 e. The maximum Gasteiger partial charge on any atom is 0.416 e. The Hall–Kier alpha value is -3.25. The first-order valence-corrected chi connectivity index (χ1v) is 8.54. The molecule has 0 unspecified atom stereocenters. The van der Waals surface area contributed by atoms with Crippen LogP contribution in [0.1, 0.15) is 32.6 Å². The Kier molecular flexibility index (Phi) is 6.81. The minimum absolute atomic E-state index is 0.107. The van der Waals surface area contributed by atoms with Gasteiger partial charge < -0.3 is 11.1 Å². The van der Waals surface area contributed by atoms with Crippen LogP contribution in [-0.4, -0.2) is 17.9 Å².